The number of nitrogens with one attached hydrogen (secondary N) is 1. The van der Waals surface area contributed by atoms with E-state index in [0.29, 0.717) is 0 Å². The van der Waals surface area contributed by atoms with Crippen molar-refractivity contribution in [3.63, 3.8) is 0 Å². The van der Waals surface area contributed by atoms with Gasteiger partial charge in [0.1, 0.15) is 11.5 Å². The maximum Gasteiger partial charge on any atom is 0.120 e. The fourth-order valence-corrected chi connectivity index (χ4v) is 2.61. The molecule has 1 saturated heterocycles. The highest BCUT2D eigenvalue weighted by Crippen LogP contribution is 2.34. The van der Waals surface area contributed by atoms with E-state index >= 15 is 0 Å². The zero-order valence-electron chi connectivity index (χ0n) is 11.2. The van der Waals surface area contributed by atoms with Gasteiger partial charge in [-0.25, -0.2) is 0 Å². The van der Waals surface area contributed by atoms with Crippen molar-refractivity contribution in [3.8, 4) is 11.5 Å². The van der Waals surface area contributed by atoms with E-state index in [0.717, 1.165) is 44.6 Å². The van der Waals surface area contributed by atoms with Crippen LogP contribution >= 0.6 is 0 Å². The minimum absolute atomic E-state index is 0.132. The number of allylic oxidation sites excluding steroid dienone is 1. The number of benzene rings is 1. The molecule has 1 fully saturated rings. The summed E-state index contributed by atoms with van der Waals surface area (Å²) in [6.07, 6.45) is 3.69. The molecule has 104 valence electrons. The van der Waals surface area contributed by atoms with Crippen LogP contribution in [-0.2, 0) is 0 Å². The lowest BCUT2D eigenvalue weighted by molar-refractivity contribution is 0.163. The third-order valence-electron chi connectivity index (χ3n) is 3.61. The van der Waals surface area contributed by atoms with Gasteiger partial charge in [0.05, 0.1) is 0 Å². The summed E-state index contributed by atoms with van der Waals surface area (Å²) in [7, 11) is 0. The van der Waals surface area contributed by atoms with Crippen LogP contribution in [0.4, 0.5) is 0 Å². The lowest BCUT2D eigenvalue weighted by Crippen LogP contribution is -2.45. The molecule has 1 aromatic rings. The molecule has 0 radical (unpaired) electrons. The van der Waals surface area contributed by atoms with E-state index in [1.165, 1.54) is 6.07 Å². The molecule has 19 heavy (non-hydrogen) atoms. The summed E-state index contributed by atoms with van der Waals surface area (Å²) in [5.74, 6) is 0.455. The summed E-state index contributed by atoms with van der Waals surface area (Å²) >= 11 is 0. The molecule has 0 spiro atoms. The average Bonchev–Trinajstić information content (AvgIpc) is 2.44. The van der Waals surface area contributed by atoms with Crippen molar-refractivity contribution in [2.45, 2.75) is 18.9 Å². The molecule has 4 heteroatoms. The first-order chi connectivity index (χ1) is 9.22. The second-order valence-corrected chi connectivity index (χ2v) is 4.91. The molecule has 1 aromatic carbocycles. The van der Waals surface area contributed by atoms with E-state index in [-0.39, 0.29) is 17.5 Å². The van der Waals surface area contributed by atoms with E-state index in [1.807, 2.05) is 6.08 Å². The number of hydrogen-bond donors (Lipinski definition) is 3. The van der Waals surface area contributed by atoms with Crippen molar-refractivity contribution in [2.75, 3.05) is 26.2 Å². The fraction of sp³-hybridized carbons (Fsp3) is 0.467. The van der Waals surface area contributed by atoms with Crippen LogP contribution in [0.15, 0.2) is 30.9 Å². The van der Waals surface area contributed by atoms with Crippen LogP contribution in [0.5, 0.6) is 11.5 Å². The van der Waals surface area contributed by atoms with Crippen LogP contribution in [0.25, 0.3) is 0 Å². The SMILES string of the molecule is C=CCC[C@@H](c1cc(O)ccc1O)N1CCNCC1. The number of rotatable bonds is 5. The summed E-state index contributed by atoms with van der Waals surface area (Å²) in [6, 6.07) is 4.88. The van der Waals surface area contributed by atoms with Gasteiger partial charge in [-0.15, -0.1) is 6.58 Å². The molecule has 0 aromatic heterocycles. The third-order valence-corrected chi connectivity index (χ3v) is 3.61. The van der Waals surface area contributed by atoms with E-state index in [9.17, 15) is 10.2 Å². The minimum atomic E-state index is 0.132. The van der Waals surface area contributed by atoms with Crippen molar-refractivity contribution < 1.29 is 10.2 Å². The summed E-state index contributed by atoms with van der Waals surface area (Å²) in [6.45, 7) is 7.60. The summed E-state index contributed by atoms with van der Waals surface area (Å²) in [5, 5.41) is 23.0. The van der Waals surface area contributed by atoms with Gasteiger partial charge in [-0.3, -0.25) is 4.90 Å². The van der Waals surface area contributed by atoms with E-state index in [1.54, 1.807) is 12.1 Å². The van der Waals surface area contributed by atoms with Crippen molar-refractivity contribution in [1.29, 1.82) is 0 Å². The first-order valence-corrected chi connectivity index (χ1v) is 6.80. The van der Waals surface area contributed by atoms with Gasteiger partial charge in [-0.05, 0) is 31.0 Å². The molecule has 1 aliphatic heterocycles. The minimum Gasteiger partial charge on any atom is -0.508 e. The van der Waals surface area contributed by atoms with Crippen LogP contribution in [0, 0.1) is 0 Å². The Morgan fingerprint density at radius 3 is 2.74 bits per heavy atom. The fourth-order valence-electron chi connectivity index (χ4n) is 2.61. The van der Waals surface area contributed by atoms with E-state index in [4.69, 9.17) is 0 Å². The van der Waals surface area contributed by atoms with Crippen LogP contribution < -0.4 is 5.32 Å². The molecule has 0 bridgehead atoms. The Morgan fingerprint density at radius 1 is 1.32 bits per heavy atom. The zero-order valence-corrected chi connectivity index (χ0v) is 11.2. The molecule has 1 heterocycles. The largest absolute Gasteiger partial charge is 0.508 e. The molecule has 2 rings (SSSR count). The maximum atomic E-state index is 10.1. The standard InChI is InChI=1S/C15H22N2O2/c1-2-3-4-14(17-9-7-16-8-10-17)13-11-12(18)5-6-15(13)19/h2,5-6,11,14,16,18-19H,1,3-4,7-10H2/t14-/m0/s1. The van der Waals surface area contributed by atoms with Crippen LogP contribution in [0.1, 0.15) is 24.4 Å². The zero-order chi connectivity index (χ0) is 13.7. The highest BCUT2D eigenvalue weighted by molar-refractivity contribution is 5.40. The topological polar surface area (TPSA) is 55.7 Å². The number of hydrogen-bond acceptors (Lipinski definition) is 4. The maximum absolute atomic E-state index is 10.1. The molecular weight excluding hydrogens is 240 g/mol. The van der Waals surface area contributed by atoms with Gasteiger partial charge in [0.2, 0.25) is 0 Å². The van der Waals surface area contributed by atoms with Crippen molar-refractivity contribution in [2.24, 2.45) is 0 Å². The van der Waals surface area contributed by atoms with Gasteiger partial charge in [0.15, 0.2) is 0 Å². The predicted octanol–water partition coefficient (Wildman–Crippen LogP) is 2.01. The summed E-state index contributed by atoms with van der Waals surface area (Å²) in [5.41, 5.74) is 0.809. The summed E-state index contributed by atoms with van der Waals surface area (Å²) in [4.78, 5) is 2.36. The molecule has 0 unspecified atom stereocenters. The van der Waals surface area contributed by atoms with Gasteiger partial charge in [-0.1, -0.05) is 6.08 Å². The quantitative estimate of drug-likeness (QED) is 0.561. The van der Waals surface area contributed by atoms with Crippen LogP contribution in [0.2, 0.25) is 0 Å². The Hall–Kier alpha value is -1.52. The van der Waals surface area contributed by atoms with E-state index in [2.05, 4.69) is 16.8 Å². The Balaban J connectivity index is 2.24. The molecule has 3 N–H and O–H groups in total. The van der Waals surface area contributed by atoms with Gasteiger partial charge in [-0.2, -0.15) is 0 Å². The highest BCUT2D eigenvalue weighted by atomic mass is 16.3. The Kier molecular flexibility index (Phi) is 4.82. The highest BCUT2D eigenvalue weighted by Gasteiger charge is 2.24. The predicted molar refractivity (Wildman–Crippen MR) is 76.4 cm³/mol. The average molecular weight is 262 g/mol. The van der Waals surface area contributed by atoms with E-state index < -0.39 is 0 Å². The number of piperazine rings is 1. The molecular formula is C15H22N2O2. The lowest BCUT2D eigenvalue weighted by Gasteiger charge is -2.35. The first-order valence-electron chi connectivity index (χ1n) is 6.80. The van der Waals surface area contributed by atoms with Gasteiger partial charge >= 0.3 is 0 Å². The molecule has 0 aliphatic carbocycles. The third kappa shape index (κ3) is 3.49. The normalized spacial score (nSPS) is 18.1. The van der Waals surface area contributed by atoms with Crippen LogP contribution in [-0.4, -0.2) is 41.3 Å². The van der Waals surface area contributed by atoms with Gasteiger partial charge in [0.25, 0.3) is 0 Å². The molecule has 0 saturated carbocycles. The number of aromatic hydroxyl groups is 2. The van der Waals surface area contributed by atoms with Crippen LogP contribution in [0.3, 0.4) is 0 Å². The Labute approximate surface area is 114 Å². The van der Waals surface area contributed by atoms with Crippen molar-refractivity contribution in [3.05, 3.63) is 36.4 Å². The number of phenols is 2. The second-order valence-electron chi connectivity index (χ2n) is 4.91. The van der Waals surface area contributed by atoms with Crippen molar-refractivity contribution in [1.82, 2.24) is 10.2 Å². The monoisotopic (exact) mass is 262 g/mol. The second kappa shape index (κ2) is 6.59. The molecule has 0 amide bonds. The molecule has 4 nitrogen and oxygen atoms in total. The van der Waals surface area contributed by atoms with Gasteiger partial charge < -0.3 is 15.5 Å². The van der Waals surface area contributed by atoms with Crippen molar-refractivity contribution >= 4 is 0 Å². The first kappa shape index (κ1) is 13.9. The van der Waals surface area contributed by atoms with Gasteiger partial charge in [0, 0.05) is 37.8 Å². The number of phenolic OH excluding ortho intramolecular Hbond substituents is 2. The Morgan fingerprint density at radius 2 is 2.05 bits per heavy atom. The molecule has 1 aliphatic rings. The molecule has 1 atom stereocenters. The smallest absolute Gasteiger partial charge is 0.120 e. The summed E-state index contributed by atoms with van der Waals surface area (Å²) < 4.78 is 0. The lowest BCUT2D eigenvalue weighted by atomic mass is 9.98. The number of nitrogens with zero attached hydrogens (tertiary/aromatic N) is 1. The Bertz CT molecular complexity index is 428.